The zero-order valence-electron chi connectivity index (χ0n) is 13.5. The molecule has 7 nitrogen and oxygen atoms in total. The summed E-state index contributed by atoms with van der Waals surface area (Å²) in [5.74, 6) is 0.513. The predicted octanol–water partition coefficient (Wildman–Crippen LogP) is 0.362. The number of ether oxygens (including phenoxy) is 2. The minimum absolute atomic E-state index is 0.271. The van der Waals surface area contributed by atoms with Crippen LogP contribution in [0.2, 0.25) is 0 Å². The molecule has 3 rings (SSSR count). The third-order valence-electron chi connectivity index (χ3n) is 4.10. The van der Waals surface area contributed by atoms with Crippen LogP contribution in [0.1, 0.15) is 5.56 Å². The molecule has 7 heteroatoms. The highest BCUT2D eigenvalue weighted by Crippen LogP contribution is 2.32. The Kier molecular flexibility index (Phi) is 5.00. The molecule has 128 valence electrons. The second-order valence-electron chi connectivity index (χ2n) is 5.75. The van der Waals surface area contributed by atoms with Gasteiger partial charge in [-0.1, -0.05) is 12.1 Å². The van der Waals surface area contributed by atoms with Crippen molar-refractivity contribution in [2.45, 2.75) is 6.54 Å². The molecule has 1 N–H and O–H groups in total. The second-order valence-corrected chi connectivity index (χ2v) is 5.75. The lowest BCUT2D eigenvalue weighted by Gasteiger charge is -2.34. The lowest BCUT2D eigenvalue weighted by molar-refractivity contribution is -0.146. The molecular weight excluding hydrogens is 310 g/mol. The molecule has 0 aliphatic carbocycles. The second kappa shape index (κ2) is 7.35. The van der Waals surface area contributed by atoms with Crippen LogP contribution in [0, 0.1) is 0 Å². The monoisotopic (exact) mass is 331 g/mol. The highest BCUT2D eigenvalue weighted by Gasteiger charge is 2.25. The molecule has 2 amide bonds. The molecular formula is C17H21N3O4. The third-order valence-corrected chi connectivity index (χ3v) is 4.10. The Morgan fingerprint density at radius 1 is 1.17 bits per heavy atom. The van der Waals surface area contributed by atoms with E-state index in [0.717, 1.165) is 36.7 Å². The molecule has 2 aliphatic heterocycles. The minimum atomic E-state index is -0.570. The lowest BCUT2D eigenvalue weighted by atomic mass is 10.1. The molecule has 0 radical (unpaired) electrons. The number of carbonyl (C=O) groups excluding carboxylic acids is 2. The Morgan fingerprint density at radius 2 is 1.92 bits per heavy atom. The van der Waals surface area contributed by atoms with Gasteiger partial charge in [0.05, 0.1) is 0 Å². The number of rotatable bonds is 4. The van der Waals surface area contributed by atoms with Crippen LogP contribution in [-0.4, -0.2) is 61.1 Å². The van der Waals surface area contributed by atoms with Gasteiger partial charge in [-0.3, -0.25) is 14.5 Å². The number of hydrogen-bond acceptors (Lipinski definition) is 5. The first-order chi connectivity index (χ1) is 11.7. The summed E-state index contributed by atoms with van der Waals surface area (Å²) in [5.41, 5.74) is 1.14. The Hall–Kier alpha value is -2.54. The van der Waals surface area contributed by atoms with Crippen molar-refractivity contribution in [1.82, 2.24) is 15.1 Å². The Labute approximate surface area is 140 Å². The lowest BCUT2D eigenvalue weighted by Crippen LogP contribution is -2.52. The van der Waals surface area contributed by atoms with E-state index < -0.39 is 11.8 Å². The molecule has 0 unspecified atom stereocenters. The van der Waals surface area contributed by atoms with Gasteiger partial charge in [-0.25, -0.2) is 0 Å². The first kappa shape index (κ1) is 16.3. The van der Waals surface area contributed by atoms with Crippen LogP contribution in [-0.2, 0) is 16.1 Å². The van der Waals surface area contributed by atoms with Crippen molar-refractivity contribution in [2.75, 3.05) is 39.5 Å². The van der Waals surface area contributed by atoms with E-state index >= 15 is 0 Å². The zero-order chi connectivity index (χ0) is 16.9. The molecule has 1 aromatic rings. The maximum atomic E-state index is 12.0. The fraction of sp³-hybridized carbons (Fsp3) is 0.412. The minimum Gasteiger partial charge on any atom is -0.454 e. The fourth-order valence-corrected chi connectivity index (χ4v) is 2.79. The summed E-state index contributed by atoms with van der Waals surface area (Å²) in [7, 11) is 0. The molecule has 24 heavy (non-hydrogen) atoms. The van der Waals surface area contributed by atoms with E-state index in [0.29, 0.717) is 19.6 Å². The van der Waals surface area contributed by atoms with Gasteiger partial charge in [0.2, 0.25) is 6.79 Å². The van der Waals surface area contributed by atoms with Crippen LogP contribution in [0.15, 0.2) is 30.9 Å². The summed E-state index contributed by atoms with van der Waals surface area (Å²) in [4.78, 5) is 27.6. The Bertz CT molecular complexity index is 639. The van der Waals surface area contributed by atoms with Crippen molar-refractivity contribution in [3.63, 3.8) is 0 Å². The summed E-state index contributed by atoms with van der Waals surface area (Å²) in [6.45, 7) is 7.42. The molecule has 0 atom stereocenters. The standard InChI is InChI=1S/C17H21N3O4/c1-2-5-18-16(21)17(22)20-8-6-19(7-9-20)11-13-3-4-14-15(10-13)24-12-23-14/h2-4,10H,1,5-9,11-12H2,(H,18,21). The maximum Gasteiger partial charge on any atom is 0.311 e. The number of nitrogens with one attached hydrogen (secondary N) is 1. The summed E-state index contributed by atoms with van der Waals surface area (Å²) in [6, 6.07) is 5.93. The number of nitrogens with zero attached hydrogens (tertiary/aromatic N) is 2. The van der Waals surface area contributed by atoms with Crippen LogP contribution >= 0.6 is 0 Å². The van der Waals surface area contributed by atoms with Crippen molar-refractivity contribution < 1.29 is 19.1 Å². The van der Waals surface area contributed by atoms with Crippen molar-refractivity contribution in [1.29, 1.82) is 0 Å². The Morgan fingerprint density at radius 3 is 2.67 bits per heavy atom. The number of amides is 2. The average Bonchev–Trinajstić information content (AvgIpc) is 3.07. The van der Waals surface area contributed by atoms with Crippen molar-refractivity contribution >= 4 is 11.8 Å². The molecule has 0 bridgehead atoms. The molecule has 0 spiro atoms. The van der Waals surface area contributed by atoms with E-state index in [4.69, 9.17) is 9.47 Å². The van der Waals surface area contributed by atoms with Gasteiger partial charge in [0.1, 0.15) is 0 Å². The number of carbonyl (C=O) groups is 2. The summed E-state index contributed by atoms with van der Waals surface area (Å²) < 4.78 is 10.7. The number of benzene rings is 1. The van der Waals surface area contributed by atoms with Gasteiger partial charge in [0, 0.05) is 39.3 Å². The quantitative estimate of drug-likeness (QED) is 0.637. The maximum absolute atomic E-state index is 12.0. The van der Waals surface area contributed by atoms with Crippen LogP contribution < -0.4 is 14.8 Å². The number of fused-ring (bicyclic) bond motifs is 1. The molecule has 2 heterocycles. The number of hydrogen-bond donors (Lipinski definition) is 1. The SMILES string of the molecule is C=CCNC(=O)C(=O)N1CCN(Cc2ccc3c(c2)OCO3)CC1. The largest absolute Gasteiger partial charge is 0.454 e. The van der Waals surface area contributed by atoms with Gasteiger partial charge in [-0.15, -0.1) is 6.58 Å². The van der Waals surface area contributed by atoms with Crippen LogP contribution in [0.25, 0.3) is 0 Å². The molecule has 0 aromatic heterocycles. The van der Waals surface area contributed by atoms with Crippen molar-refractivity contribution in [3.05, 3.63) is 36.4 Å². The van der Waals surface area contributed by atoms with E-state index in [1.54, 1.807) is 11.0 Å². The highest BCUT2D eigenvalue weighted by molar-refractivity contribution is 6.35. The highest BCUT2D eigenvalue weighted by atomic mass is 16.7. The topological polar surface area (TPSA) is 71.1 Å². The molecule has 0 saturated carbocycles. The van der Waals surface area contributed by atoms with Crippen LogP contribution in [0.3, 0.4) is 0 Å². The molecule has 1 saturated heterocycles. The fourth-order valence-electron chi connectivity index (χ4n) is 2.79. The van der Waals surface area contributed by atoms with E-state index in [9.17, 15) is 9.59 Å². The van der Waals surface area contributed by atoms with Crippen molar-refractivity contribution in [2.24, 2.45) is 0 Å². The van der Waals surface area contributed by atoms with E-state index in [1.807, 2.05) is 18.2 Å². The van der Waals surface area contributed by atoms with E-state index in [2.05, 4.69) is 16.8 Å². The van der Waals surface area contributed by atoms with Gasteiger partial charge < -0.3 is 19.7 Å². The predicted molar refractivity (Wildman–Crippen MR) is 87.6 cm³/mol. The van der Waals surface area contributed by atoms with E-state index in [1.165, 1.54) is 0 Å². The van der Waals surface area contributed by atoms with E-state index in [-0.39, 0.29) is 6.79 Å². The van der Waals surface area contributed by atoms with Crippen LogP contribution in [0.5, 0.6) is 11.5 Å². The average molecular weight is 331 g/mol. The third kappa shape index (κ3) is 3.68. The van der Waals surface area contributed by atoms with Gasteiger partial charge in [-0.2, -0.15) is 0 Å². The number of piperazine rings is 1. The molecule has 1 aromatic carbocycles. The molecule has 1 fully saturated rings. The first-order valence-corrected chi connectivity index (χ1v) is 7.96. The summed E-state index contributed by atoms with van der Waals surface area (Å²) in [6.07, 6.45) is 1.55. The Balaban J connectivity index is 1.49. The zero-order valence-corrected chi connectivity index (χ0v) is 13.5. The molecule has 2 aliphatic rings. The smallest absolute Gasteiger partial charge is 0.311 e. The summed E-state index contributed by atoms with van der Waals surface area (Å²) >= 11 is 0. The first-order valence-electron chi connectivity index (χ1n) is 7.96. The van der Waals surface area contributed by atoms with Crippen LogP contribution in [0.4, 0.5) is 0 Å². The van der Waals surface area contributed by atoms with Gasteiger partial charge in [0.15, 0.2) is 11.5 Å². The normalized spacial score (nSPS) is 16.8. The van der Waals surface area contributed by atoms with Gasteiger partial charge in [-0.05, 0) is 17.7 Å². The van der Waals surface area contributed by atoms with Crippen molar-refractivity contribution in [3.8, 4) is 11.5 Å². The van der Waals surface area contributed by atoms with Gasteiger partial charge >= 0.3 is 11.8 Å². The summed E-state index contributed by atoms with van der Waals surface area (Å²) in [5, 5.41) is 2.52. The van der Waals surface area contributed by atoms with Gasteiger partial charge in [0.25, 0.3) is 0 Å².